The summed E-state index contributed by atoms with van der Waals surface area (Å²) in [6, 6.07) is 32.0. The van der Waals surface area contributed by atoms with Crippen molar-refractivity contribution in [2.24, 2.45) is 0 Å². The van der Waals surface area contributed by atoms with E-state index in [9.17, 15) is 14.7 Å². The number of hydrogen-bond donors (Lipinski definition) is 1. The highest BCUT2D eigenvalue weighted by molar-refractivity contribution is 5.83. The van der Waals surface area contributed by atoms with Crippen LogP contribution in [0.5, 0.6) is 17.2 Å². The molecule has 0 saturated heterocycles. The molecule has 39 heavy (non-hydrogen) atoms. The average Bonchev–Trinajstić information content (AvgIpc) is 2.97. The van der Waals surface area contributed by atoms with Crippen molar-refractivity contribution >= 4 is 11.9 Å². The van der Waals surface area contributed by atoms with Crippen molar-refractivity contribution in [3.8, 4) is 17.2 Å². The summed E-state index contributed by atoms with van der Waals surface area (Å²) < 4.78 is 12.0. The van der Waals surface area contributed by atoms with Crippen LogP contribution in [0.2, 0.25) is 0 Å². The van der Waals surface area contributed by atoms with Gasteiger partial charge in [0, 0.05) is 36.9 Å². The number of carbonyl (C=O) groups is 2. The summed E-state index contributed by atoms with van der Waals surface area (Å²) in [5, 5.41) is 10.0. The molecule has 0 spiro atoms. The normalized spacial score (nSPS) is 12.9. The van der Waals surface area contributed by atoms with Gasteiger partial charge in [0.1, 0.15) is 29.9 Å². The SMILES string of the molecule is CN(C(=O)CCC1c2ccccc2Oc2ccccc21)C(Cc1cccc(OCc2ccccc2)c1)C(=O)O. The number of fused-ring (bicyclic) bond motifs is 2. The van der Waals surface area contributed by atoms with Gasteiger partial charge in [-0.2, -0.15) is 0 Å². The summed E-state index contributed by atoms with van der Waals surface area (Å²) in [6.07, 6.45) is 0.951. The summed E-state index contributed by atoms with van der Waals surface area (Å²) in [4.78, 5) is 26.9. The maximum atomic E-state index is 13.3. The van der Waals surface area contributed by atoms with Crippen molar-refractivity contribution in [2.45, 2.75) is 37.8 Å². The third kappa shape index (κ3) is 6.12. The molecule has 1 amide bonds. The standard InChI is InChI=1S/C33H31NO5/c1-34(29(33(36)37)21-24-12-9-13-25(20-24)38-22-23-10-3-2-4-11-23)32(35)19-18-26-27-14-5-7-16-30(27)39-31-17-8-6-15-28(26)31/h2-17,20,26,29H,18-19,21-22H2,1H3,(H,36,37). The van der Waals surface area contributed by atoms with E-state index >= 15 is 0 Å². The fraction of sp³-hybridized carbons (Fsp3) is 0.212. The van der Waals surface area contributed by atoms with E-state index in [0.717, 1.165) is 33.8 Å². The molecule has 5 rings (SSSR count). The molecule has 0 bridgehead atoms. The largest absolute Gasteiger partial charge is 0.489 e. The molecule has 0 saturated carbocycles. The van der Waals surface area contributed by atoms with Gasteiger partial charge >= 0.3 is 5.97 Å². The lowest BCUT2D eigenvalue weighted by molar-refractivity contribution is -0.149. The highest BCUT2D eigenvalue weighted by Crippen LogP contribution is 2.45. The van der Waals surface area contributed by atoms with Crippen LogP contribution in [0.3, 0.4) is 0 Å². The molecule has 1 atom stereocenters. The monoisotopic (exact) mass is 521 g/mol. The van der Waals surface area contributed by atoms with E-state index in [0.29, 0.717) is 18.8 Å². The molecular weight excluding hydrogens is 490 g/mol. The van der Waals surface area contributed by atoms with Crippen molar-refractivity contribution in [3.63, 3.8) is 0 Å². The lowest BCUT2D eigenvalue weighted by Crippen LogP contribution is -2.43. The third-order valence-corrected chi connectivity index (χ3v) is 7.18. The minimum Gasteiger partial charge on any atom is -0.489 e. The molecular formula is C33H31NO5. The molecule has 6 heteroatoms. The van der Waals surface area contributed by atoms with Gasteiger partial charge in [-0.3, -0.25) is 4.79 Å². The number of likely N-dealkylation sites (N-methyl/N-ethyl adjacent to an activating group) is 1. The van der Waals surface area contributed by atoms with Crippen LogP contribution < -0.4 is 9.47 Å². The Hall–Kier alpha value is -4.58. The number of aliphatic carboxylic acids is 1. The lowest BCUT2D eigenvalue weighted by atomic mass is 9.84. The van der Waals surface area contributed by atoms with E-state index in [1.807, 2.05) is 103 Å². The summed E-state index contributed by atoms with van der Waals surface area (Å²) in [5.74, 6) is 0.986. The van der Waals surface area contributed by atoms with Crippen LogP contribution >= 0.6 is 0 Å². The Labute approximate surface area is 228 Å². The van der Waals surface area contributed by atoms with Gasteiger partial charge in [0.15, 0.2) is 0 Å². The van der Waals surface area contributed by atoms with E-state index in [1.54, 1.807) is 7.05 Å². The molecule has 1 aliphatic heterocycles. The molecule has 4 aromatic rings. The van der Waals surface area contributed by atoms with Gasteiger partial charge in [0.25, 0.3) is 0 Å². The number of benzene rings is 4. The number of amides is 1. The van der Waals surface area contributed by atoms with Gasteiger partial charge < -0.3 is 19.5 Å². The highest BCUT2D eigenvalue weighted by atomic mass is 16.5. The van der Waals surface area contributed by atoms with Gasteiger partial charge in [-0.15, -0.1) is 0 Å². The molecule has 1 aliphatic rings. The van der Waals surface area contributed by atoms with Crippen LogP contribution in [0.4, 0.5) is 0 Å². The predicted molar refractivity (Wildman–Crippen MR) is 149 cm³/mol. The summed E-state index contributed by atoms with van der Waals surface area (Å²) in [6.45, 7) is 0.420. The van der Waals surface area contributed by atoms with Crippen molar-refractivity contribution in [1.29, 1.82) is 0 Å². The summed E-state index contributed by atoms with van der Waals surface area (Å²) >= 11 is 0. The fourth-order valence-electron chi connectivity index (χ4n) is 5.05. The minimum atomic E-state index is -1.04. The zero-order valence-corrected chi connectivity index (χ0v) is 21.8. The first-order valence-corrected chi connectivity index (χ1v) is 13.1. The van der Waals surface area contributed by atoms with E-state index in [-0.39, 0.29) is 24.7 Å². The summed E-state index contributed by atoms with van der Waals surface area (Å²) in [7, 11) is 1.57. The Kier molecular flexibility index (Phi) is 7.92. The van der Waals surface area contributed by atoms with Crippen LogP contribution in [0.1, 0.15) is 41.0 Å². The summed E-state index contributed by atoms with van der Waals surface area (Å²) in [5.41, 5.74) is 3.91. The van der Waals surface area contributed by atoms with Crippen LogP contribution in [0, 0.1) is 0 Å². The van der Waals surface area contributed by atoms with Gasteiger partial charge in [0.2, 0.25) is 5.91 Å². The van der Waals surface area contributed by atoms with Gasteiger partial charge in [-0.05, 0) is 41.8 Å². The molecule has 4 aromatic carbocycles. The number of carboxylic acid groups (broad SMARTS) is 1. The van der Waals surface area contributed by atoms with Crippen LogP contribution in [-0.2, 0) is 22.6 Å². The van der Waals surface area contributed by atoms with Gasteiger partial charge in [-0.1, -0.05) is 78.9 Å². The molecule has 198 valence electrons. The maximum Gasteiger partial charge on any atom is 0.326 e. The second-order valence-electron chi connectivity index (χ2n) is 9.75. The maximum absolute atomic E-state index is 13.3. The van der Waals surface area contributed by atoms with E-state index in [4.69, 9.17) is 9.47 Å². The van der Waals surface area contributed by atoms with Crippen LogP contribution in [-0.4, -0.2) is 35.0 Å². The number of para-hydroxylation sites is 2. The second kappa shape index (κ2) is 11.9. The molecule has 1 N–H and O–H groups in total. The van der Waals surface area contributed by atoms with Crippen molar-refractivity contribution in [3.05, 3.63) is 125 Å². The molecule has 0 fully saturated rings. The minimum absolute atomic E-state index is 0.00905. The third-order valence-electron chi connectivity index (χ3n) is 7.18. The Bertz CT molecular complexity index is 1410. The number of hydrogen-bond acceptors (Lipinski definition) is 4. The molecule has 1 unspecified atom stereocenters. The highest BCUT2D eigenvalue weighted by Gasteiger charge is 2.30. The zero-order chi connectivity index (χ0) is 27.2. The lowest BCUT2D eigenvalue weighted by Gasteiger charge is -2.29. The number of nitrogens with zero attached hydrogens (tertiary/aromatic N) is 1. The van der Waals surface area contributed by atoms with Gasteiger partial charge in [-0.25, -0.2) is 4.79 Å². The Morgan fingerprint density at radius 2 is 1.46 bits per heavy atom. The Balaban J connectivity index is 1.25. The van der Waals surface area contributed by atoms with E-state index in [2.05, 4.69) is 0 Å². The Morgan fingerprint density at radius 3 is 2.13 bits per heavy atom. The topological polar surface area (TPSA) is 76.1 Å². The molecule has 0 radical (unpaired) electrons. The second-order valence-corrected chi connectivity index (χ2v) is 9.75. The van der Waals surface area contributed by atoms with E-state index < -0.39 is 12.0 Å². The number of carbonyl (C=O) groups excluding carboxylic acids is 1. The van der Waals surface area contributed by atoms with Gasteiger partial charge in [0.05, 0.1) is 0 Å². The smallest absolute Gasteiger partial charge is 0.326 e. The first kappa shape index (κ1) is 26.0. The number of ether oxygens (including phenoxy) is 2. The molecule has 6 nitrogen and oxygen atoms in total. The average molecular weight is 522 g/mol. The van der Waals surface area contributed by atoms with E-state index in [1.165, 1.54) is 4.90 Å². The van der Waals surface area contributed by atoms with Crippen molar-refractivity contribution < 1.29 is 24.2 Å². The molecule has 0 aliphatic carbocycles. The Morgan fingerprint density at radius 1 is 0.846 bits per heavy atom. The fourth-order valence-corrected chi connectivity index (χ4v) is 5.05. The first-order chi connectivity index (χ1) is 19.0. The zero-order valence-electron chi connectivity index (χ0n) is 21.8. The predicted octanol–water partition coefficient (Wildman–Crippen LogP) is 6.44. The quantitative estimate of drug-likeness (QED) is 0.260. The molecule has 1 heterocycles. The van der Waals surface area contributed by atoms with Crippen LogP contribution in [0.25, 0.3) is 0 Å². The molecule has 0 aromatic heterocycles. The van der Waals surface area contributed by atoms with Crippen LogP contribution in [0.15, 0.2) is 103 Å². The number of carboxylic acids is 1. The number of rotatable bonds is 10. The first-order valence-electron chi connectivity index (χ1n) is 13.1. The van der Waals surface area contributed by atoms with Crippen molar-refractivity contribution in [1.82, 2.24) is 4.90 Å². The van der Waals surface area contributed by atoms with Crippen molar-refractivity contribution in [2.75, 3.05) is 7.05 Å².